The summed E-state index contributed by atoms with van der Waals surface area (Å²) >= 11 is 5.96. The number of carbonyl (C=O) groups excluding carboxylic acids is 1. The molecular formula is C16H24ClNO3. The molecule has 1 unspecified atom stereocenters. The van der Waals surface area contributed by atoms with Crippen LogP contribution in [-0.4, -0.2) is 19.2 Å². The minimum Gasteiger partial charge on any atom is -0.493 e. The Kier molecular flexibility index (Phi) is 8.16. The molecule has 0 aliphatic heterocycles. The summed E-state index contributed by atoms with van der Waals surface area (Å²) in [5.74, 6) is 0.648. The van der Waals surface area contributed by atoms with Crippen LogP contribution in [0.2, 0.25) is 5.02 Å². The summed E-state index contributed by atoms with van der Waals surface area (Å²) in [6.45, 7) is 4.76. The smallest absolute Gasteiger partial charge is 0.305 e. The molecule has 0 fully saturated rings. The highest BCUT2D eigenvalue weighted by atomic mass is 35.5. The number of hydrogen-bond donors (Lipinski definition) is 1. The van der Waals surface area contributed by atoms with Gasteiger partial charge in [-0.2, -0.15) is 0 Å². The summed E-state index contributed by atoms with van der Waals surface area (Å²) < 4.78 is 10.6. The van der Waals surface area contributed by atoms with E-state index in [-0.39, 0.29) is 12.0 Å². The Balaban J connectivity index is 2.28. The average Bonchev–Trinajstić information content (AvgIpc) is 2.44. The van der Waals surface area contributed by atoms with Crippen molar-refractivity contribution < 1.29 is 14.3 Å². The lowest BCUT2D eigenvalue weighted by atomic mass is 10.1. The summed E-state index contributed by atoms with van der Waals surface area (Å²) in [6, 6.07) is 5.35. The quantitative estimate of drug-likeness (QED) is 0.555. The highest BCUT2D eigenvalue weighted by molar-refractivity contribution is 6.30. The third-order valence-corrected chi connectivity index (χ3v) is 3.29. The van der Waals surface area contributed by atoms with Crippen molar-refractivity contribution >= 4 is 17.6 Å². The van der Waals surface area contributed by atoms with E-state index in [0.29, 0.717) is 24.7 Å². The van der Waals surface area contributed by atoms with E-state index < -0.39 is 0 Å². The Labute approximate surface area is 131 Å². The zero-order valence-electron chi connectivity index (χ0n) is 12.7. The lowest BCUT2D eigenvalue weighted by molar-refractivity contribution is -0.143. The number of carbonyl (C=O) groups is 1. The van der Waals surface area contributed by atoms with E-state index in [4.69, 9.17) is 26.8 Å². The predicted octanol–water partition coefficient (Wildman–Crippen LogP) is 3.86. The van der Waals surface area contributed by atoms with Crippen molar-refractivity contribution in [2.24, 2.45) is 5.73 Å². The maximum atomic E-state index is 11.2. The van der Waals surface area contributed by atoms with Gasteiger partial charge >= 0.3 is 5.97 Å². The Hall–Kier alpha value is -1.26. The fraction of sp³-hybridized carbons (Fsp3) is 0.562. The van der Waals surface area contributed by atoms with E-state index in [1.54, 1.807) is 6.07 Å². The number of hydrogen-bond acceptors (Lipinski definition) is 4. The van der Waals surface area contributed by atoms with Gasteiger partial charge in [0, 0.05) is 23.0 Å². The Morgan fingerprint density at radius 3 is 2.76 bits per heavy atom. The molecule has 1 aromatic rings. The summed E-state index contributed by atoms with van der Waals surface area (Å²) in [5.41, 5.74) is 6.82. The minimum absolute atomic E-state index is 0.123. The van der Waals surface area contributed by atoms with Gasteiger partial charge in [-0.05, 0) is 51.3 Å². The molecule has 0 aromatic heterocycles. The lowest BCUT2D eigenvalue weighted by Gasteiger charge is -2.14. The van der Waals surface area contributed by atoms with Gasteiger partial charge in [0.25, 0.3) is 0 Å². The molecule has 0 aliphatic rings. The zero-order valence-corrected chi connectivity index (χ0v) is 13.5. The van der Waals surface area contributed by atoms with Crippen molar-refractivity contribution in [3.05, 3.63) is 28.8 Å². The summed E-state index contributed by atoms with van der Waals surface area (Å²) in [7, 11) is 0. The van der Waals surface area contributed by atoms with Gasteiger partial charge < -0.3 is 15.2 Å². The fourth-order valence-corrected chi connectivity index (χ4v) is 2.15. The highest BCUT2D eigenvalue weighted by Crippen LogP contribution is 2.27. The second-order valence-corrected chi connectivity index (χ2v) is 5.37. The van der Waals surface area contributed by atoms with Crippen molar-refractivity contribution in [1.82, 2.24) is 0 Å². The van der Waals surface area contributed by atoms with Crippen molar-refractivity contribution in [2.45, 2.75) is 45.6 Å². The van der Waals surface area contributed by atoms with E-state index in [1.807, 2.05) is 26.0 Å². The summed E-state index contributed by atoms with van der Waals surface area (Å²) in [5, 5.41) is 0.657. The molecule has 1 aromatic carbocycles. The summed E-state index contributed by atoms with van der Waals surface area (Å²) in [6.07, 6.45) is 3.11. The molecule has 21 heavy (non-hydrogen) atoms. The Bertz CT molecular complexity index is 449. The van der Waals surface area contributed by atoms with Crippen LogP contribution in [0.25, 0.3) is 0 Å². The van der Waals surface area contributed by atoms with Crippen molar-refractivity contribution in [1.29, 1.82) is 0 Å². The van der Waals surface area contributed by atoms with Gasteiger partial charge in [0.1, 0.15) is 5.75 Å². The molecule has 0 radical (unpaired) electrons. The molecule has 0 bridgehead atoms. The first-order valence-electron chi connectivity index (χ1n) is 7.38. The topological polar surface area (TPSA) is 61.5 Å². The van der Waals surface area contributed by atoms with Crippen LogP contribution >= 0.6 is 11.6 Å². The third kappa shape index (κ3) is 6.82. The van der Waals surface area contributed by atoms with Crippen LogP contribution in [0.5, 0.6) is 5.75 Å². The first kappa shape index (κ1) is 17.8. The maximum Gasteiger partial charge on any atom is 0.305 e. The minimum atomic E-state index is -0.129. The molecule has 2 N–H and O–H groups in total. The maximum absolute atomic E-state index is 11.2. The van der Waals surface area contributed by atoms with E-state index in [1.165, 1.54) is 0 Å². The number of nitrogens with two attached hydrogens (primary N) is 1. The normalized spacial score (nSPS) is 12.0. The van der Waals surface area contributed by atoms with E-state index >= 15 is 0 Å². The van der Waals surface area contributed by atoms with Gasteiger partial charge in [0.15, 0.2) is 0 Å². The second kappa shape index (κ2) is 9.64. The second-order valence-electron chi connectivity index (χ2n) is 4.93. The number of ether oxygens (including phenoxy) is 2. The Morgan fingerprint density at radius 1 is 1.33 bits per heavy atom. The van der Waals surface area contributed by atoms with Gasteiger partial charge in [0.05, 0.1) is 13.2 Å². The van der Waals surface area contributed by atoms with Crippen molar-refractivity contribution in [3.8, 4) is 5.75 Å². The van der Waals surface area contributed by atoms with Crippen molar-refractivity contribution in [2.75, 3.05) is 13.2 Å². The molecular weight excluding hydrogens is 290 g/mol. The van der Waals surface area contributed by atoms with E-state index in [2.05, 4.69) is 0 Å². The molecule has 0 saturated carbocycles. The fourth-order valence-electron chi connectivity index (χ4n) is 1.97. The van der Waals surface area contributed by atoms with Gasteiger partial charge in [-0.1, -0.05) is 11.6 Å². The van der Waals surface area contributed by atoms with Crippen LogP contribution in [0.1, 0.15) is 51.1 Å². The van der Waals surface area contributed by atoms with Crippen LogP contribution in [0.3, 0.4) is 0 Å². The molecule has 118 valence electrons. The lowest BCUT2D eigenvalue weighted by Crippen LogP contribution is -2.09. The molecule has 0 heterocycles. The number of benzene rings is 1. The average molecular weight is 314 g/mol. The van der Waals surface area contributed by atoms with Crippen molar-refractivity contribution in [3.63, 3.8) is 0 Å². The highest BCUT2D eigenvalue weighted by Gasteiger charge is 2.09. The monoisotopic (exact) mass is 313 g/mol. The number of rotatable bonds is 9. The van der Waals surface area contributed by atoms with E-state index in [0.717, 1.165) is 30.6 Å². The first-order valence-corrected chi connectivity index (χ1v) is 7.75. The van der Waals surface area contributed by atoms with Gasteiger partial charge in [-0.15, -0.1) is 0 Å². The van der Waals surface area contributed by atoms with Crippen LogP contribution in [0.15, 0.2) is 18.2 Å². The third-order valence-electron chi connectivity index (χ3n) is 3.05. The van der Waals surface area contributed by atoms with Crippen LogP contribution in [-0.2, 0) is 9.53 Å². The molecule has 1 atom stereocenters. The molecule has 0 spiro atoms. The van der Waals surface area contributed by atoms with Gasteiger partial charge in [-0.3, -0.25) is 4.79 Å². The number of halogens is 1. The molecule has 5 heteroatoms. The standard InChI is InChI=1S/C16H24ClNO3/c1-3-20-16(19)7-5-4-6-10-21-15-9-8-13(17)11-14(15)12(2)18/h8-9,11-12H,3-7,10,18H2,1-2H3. The zero-order chi connectivity index (χ0) is 15.7. The SMILES string of the molecule is CCOC(=O)CCCCCOc1ccc(Cl)cc1C(C)N. The van der Waals surface area contributed by atoms with Gasteiger partial charge in [0.2, 0.25) is 0 Å². The molecule has 0 amide bonds. The number of unbranched alkanes of at least 4 members (excludes halogenated alkanes) is 2. The summed E-state index contributed by atoms with van der Waals surface area (Å²) in [4.78, 5) is 11.2. The molecule has 0 aliphatic carbocycles. The van der Waals surface area contributed by atoms with Gasteiger partial charge in [-0.25, -0.2) is 0 Å². The predicted molar refractivity (Wildman–Crippen MR) is 84.7 cm³/mol. The Morgan fingerprint density at radius 2 is 2.10 bits per heavy atom. The largest absolute Gasteiger partial charge is 0.493 e. The van der Waals surface area contributed by atoms with Crippen LogP contribution in [0.4, 0.5) is 0 Å². The van der Waals surface area contributed by atoms with Crippen LogP contribution in [0, 0.1) is 0 Å². The molecule has 0 saturated heterocycles. The van der Waals surface area contributed by atoms with E-state index in [9.17, 15) is 4.79 Å². The molecule has 1 rings (SSSR count). The molecule has 4 nitrogen and oxygen atoms in total. The number of esters is 1. The van der Waals surface area contributed by atoms with Crippen LogP contribution < -0.4 is 10.5 Å². The first-order chi connectivity index (χ1) is 10.0.